The van der Waals surface area contributed by atoms with Crippen molar-refractivity contribution in [3.63, 3.8) is 0 Å². The summed E-state index contributed by atoms with van der Waals surface area (Å²) in [5.41, 5.74) is 3.19. The number of rotatable bonds is 4. The van der Waals surface area contributed by atoms with Crippen molar-refractivity contribution in [1.29, 1.82) is 0 Å². The fourth-order valence-corrected chi connectivity index (χ4v) is 5.94. The number of aromatic nitrogens is 3. The second-order valence-corrected chi connectivity index (χ2v) is 9.24. The molecule has 0 bridgehead atoms. The van der Waals surface area contributed by atoms with Crippen LogP contribution in [-0.2, 0) is 19.4 Å². The molecular weight excluding hydrogens is 402 g/mol. The molecule has 148 valence electrons. The van der Waals surface area contributed by atoms with Crippen LogP contribution in [0.15, 0.2) is 40.8 Å². The van der Waals surface area contributed by atoms with Crippen LogP contribution in [0.5, 0.6) is 5.75 Å². The summed E-state index contributed by atoms with van der Waals surface area (Å²) in [6.07, 6.45) is 7.34. The number of aryl methyl sites for hydroxylation is 2. The lowest BCUT2D eigenvalue weighted by atomic mass is 10.1. The zero-order valence-electron chi connectivity index (χ0n) is 16.2. The molecule has 3 heterocycles. The van der Waals surface area contributed by atoms with E-state index < -0.39 is 0 Å². The first-order valence-corrected chi connectivity index (χ1v) is 11.5. The maximum Gasteiger partial charge on any atom is 0.262 e. The van der Waals surface area contributed by atoms with Gasteiger partial charge in [0.15, 0.2) is 0 Å². The number of benzene rings is 1. The van der Waals surface area contributed by atoms with Crippen molar-refractivity contribution in [1.82, 2.24) is 14.5 Å². The Hall–Kier alpha value is -2.51. The highest BCUT2D eigenvalue weighted by Gasteiger charge is 2.19. The van der Waals surface area contributed by atoms with E-state index in [4.69, 9.17) is 9.72 Å². The third-order valence-electron chi connectivity index (χ3n) is 5.39. The number of thiazole rings is 1. The van der Waals surface area contributed by atoms with Crippen LogP contribution in [0, 0.1) is 0 Å². The van der Waals surface area contributed by atoms with Gasteiger partial charge >= 0.3 is 0 Å². The predicted molar refractivity (Wildman–Crippen MR) is 118 cm³/mol. The van der Waals surface area contributed by atoms with Crippen molar-refractivity contribution in [3.05, 3.63) is 62.5 Å². The molecule has 3 aromatic heterocycles. The van der Waals surface area contributed by atoms with Crippen LogP contribution in [-0.4, -0.2) is 21.6 Å². The molecule has 1 aliphatic rings. The summed E-state index contributed by atoms with van der Waals surface area (Å²) < 4.78 is 7.01. The van der Waals surface area contributed by atoms with Crippen molar-refractivity contribution in [3.8, 4) is 16.3 Å². The summed E-state index contributed by atoms with van der Waals surface area (Å²) in [5.74, 6) is 0.809. The van der Waals surface area contributed by atoms with Gasteiger partial charge in [-0.2, -0.15) is 0 Å². The Morgan fingerprint density at radius 2 is 2.10 bits per heavy atom. The van der Waals surface area contributed by atoms with Crippen molar-refractivity contribution in [2.24, 2.45) is 0 Å². The van der Waals surface area contributed by atoms with E-state index >= 15 is 0 Å². The van der Waals surface area contributed by atoms with Gasteiger partial charge in [-0.3, -0.25) is 9.36 Å². The summed E-state index contributed by atoms with van der Waals surface area (Å²) >= 11 is 3.27. The zero-order chi connectivity index (χ0) is 19.8. The third-order valence-corrected chi connectivity index (χ3v) is 7.53. The number of hydrogen-bond acceptors (Lipinski definition) is 6. The Morgan fingerprint density at radius 1 is 1.21 bits per heavy atom. The van der Waals surface area contributed by atoms with E-state index in [0.717, 1.165) is 51.5 Å². The van der Waals surface area contributed by atoms with Gasteiger partial charge in [0.25, 0.3) is 5.56 Å². The minimum atomic E-state index is 0.0605. The molecule has 0 unspecified atom stereocenters. The minimum absolute atomic E-state index is 0.0605. The van der Waals surface area contributed by atoms with Crippen molar-refractivity contribution in [2.75, 3.05) is 7.11 Å². The van der Waals surface area contributed by atoms with E-state index in [0.29, 0.717) is 6.54 Å². The fraction of sp³-hybridized carbons (Fsp3) is 0.318. The lowest BCUT2D eigenvalue weighted by molar-refractivity contribution is 0.415. The van der Waals surface area contributed by atoms with Gasteiger partial charge in [0, 0.05) is 15.8 Å². The zero-order valence-corrected chi connectivity index (χ0v) is 17.8. The van der Waals surface area contributed by atoms with E-state index in [1.54, 1.807) is 40.7 Å². The number of nitrogens with zero attached hydrogens (tertiary/aromatic N) is 3. The standard InChI is InChI=1S/C22H21N3O2S2/c1-27-16-7-5-6-14(10-16)20-24-15(12-28-20)11-25-13-23-21-19(22(25)26)17-8-3-2-4-9-18(17)29-21/h5-7,10,12-13H,2-4,8-9,11H2,1H3. The maximum absolute atomic E-state index is 13.2. The topological polar surface area (TPSA) is 57.0 Å². The molecule has 0 atom stereocenters. The monoisotopic (exact) mass is 423 g/mol. The summed E-state index contributed by atoms with van der Waals surface area (Å²) in [6, 6.07) is 7.87. The van der Waals surface area contributed by atoms with E-state index in [1.807, 2.05) is 29.6 Å². The van der Waals surface area contributed by atoms with Crippen LogP contribution in [0.1, 0.15) is 35.4 Å². The Balaban J connectivity index is 1.48. The predicted octanol–water partition coefficient (Wildman–Crippen LogP) is 4.91. The van der Waals surface area contributed by atoms with Gasteiger partial charge in [0.2, 0.25) is 0 Å². The van der Waals surface area contributed by atoms with Crippen LogP contribution >= 0.6 is 22.7 Å². The lowest BCUT2D eigenvalue weighted by Gasteiger charge is -2.04. The first kappa shape index (κ1) is 18.5. The average molecular weight is 424 g/mol. The molecule has 0 spiro atoms. The van der Waals surface area contributed by atoms with Crippen LogP contribution in [0.4, 0.5) is 0 Å². The minimum Gasteiger partial charge on any atom is -0.497 e. The van der Waals surface area contributed by atoms with Crippen LogP contribution in [0.3, 0.4) is 0 Å². The Labute approximate surface area is 176 Å². The van der Waals surface area contributed by atoms with E-state index in [2.05, 4.69) is 4.98 Å². The van der Waals surface area contributed by atoms with Gasteiger partial charge in [0.1, 0.15) is 15.6 Å². The van der Waals surface area contributed by atoms with Gasteiger partial charge in [0.05, 0.1) is 31.1 Å². The highest BCUT2D eigenvalue weighted by atomic mass is 32.1. The first-order chi connectivity index (χ1) is 14.2. The van der Waals surface area contributed by atoms with Crippen LogP contribution < -0.4 is 10.3 Å². The fourth-order valence-electron chi connectivity index (χ4n) is 3.91. The highest BCUT2D eigenvalue weighted by Crippen LogP contribution is 2.33. The number of methoxy groups -OCH3 is 1. The molecule has 0 amide bonds. The molecule has 0 N–H and O–H groups in total. The van der Waals surface area contributed by atoms with Crippen molar-refractivity contribution >= 4 is 32.9 Å². The van der Waals surface area contributed by atoms with E-state index in [1.165, 1.54) is 23.3 Å². The van der Waals surface area contributed by atoms with Gasteiger partial charge in [-0.1, -0.05) is 18.6 Å². The summed E-state index contributed by atoms with van der Waals surface area (Å²) in [5, 5.41) is 3.77. The first-order valence-electron chi connectivity index (χ1n) is 9.81. The molecule has 1 aliphatic carbocycles. The van der Waals surface area contributed by atoms with Crippen molar-refractivity contribution < 1.29 is 4.74 Å². The number of fused-ring (bicyclic) bond motifs is 3. The molecule has 1 aromatic carbocycles. The largest absolute Gasteiger partial charge is 0.497 e. The molecule has 5 nitrogen and oxygen atoms in total. The molecule has 29 heavy (non-hydrogen) atoms. The Morgan fingerprint density at radius 3 is 3.00 bits per heavy atom. The Bertz CT molecular complexity index is 1240. The molecule has 0 saturated heterocycles. The van der Waals surface area contributed by atoms with E-state index in [-0.39, 0.29) is 5.56 Å². The van der Waals surface area contributed by atoms with Gasteiger partial charge < -0.3 is 4.74 Å². The second kappa shape index (κ2) is 7.72. The van der Waals surface area contributed by atoms with E-state index in [9.17, 15) is 4.79 Å². The normalized spacial score (nSPS) is 14.0. The summed E-state index contributed by atoms with van der Waals surface area (Å²) in [4.78, 5) is 24.8. The average Bonchev–Trinajstić information content (AvgIpc) is 3.28. The molecule has 5 rings (SSSR count). The number of hydrogen-bond donors (Lipinski definition) is 0. The molecule has 0 aliphatic heterocycles. The van der Waals surface area contributed by atoms with Gasteiger partial charge in [-0.15, -0.1) is 22.7 Å². The van der Waals surface area contributed by atoms with Crippen molar-refractivity contribution in [2.45, 2.75) is 38.6 Å². The van der Waals surface area contributed by atoms with Gasteiger partial charge in [-0.05, 0) is 43.4 Å². The molecular formula is C22H21N3O2S2. The van der Waals surface area contributed by atoms with Crippen LogP contribution in [0.2, 0.25) is 0 Å². The maximum atomic E-state index is 13.2. The molecule has 0 fully saturated rings. The second-order valence-electron chi connectivity index (χ2n) is 7.30. The highest BCUT2D eigenvalue weighted by molar-refractivity contribution is 7.18. The Kier molecular flexibility index (Phi) is 4.93. The summed E-state index contributed by atoms with van der Waals surface area (Å²) in [6.45, 7) is 0.437. The quantitative estimate of drug-likeness (QED) is 0.438. The summed E-state index contributed by atoms with van der Waals surface area (Å²) in [7, 11) is 1.66. The van der Waals surface area contributed by atoms with Crippen LogP contribution in [0.25, 0.3) is 20.8 Å². The molecule has 0 saturated carbocycles. The van der Waals surface area contributed by atoms with Gasteiger partial charge in [-0.25, -0.2) is 9.97 Å². The number of ether oxygens (including phenoxy) is 1. The lowest BCUT2D eigenvalue weighted by Crippen LogP contribution is -2.21. The smallest absolute Gasteiger partial charge is 0.262 e. The SMILES string of the molecule is COc1cccc(-c2nc(Cn3cnc4sc5c(c4c3=O)CCCCC5)cs2)c1. The molecule has 7 heteroatoms. The number of thiophene rings is 1. The molecule has 4 aromatic rings. The molecule has 0 radical (unpaired) electrons. The third kappa shape index (κ3) is 3.49.